The normalized spacial score (nSPS) is 10.5. The van der Waals surface area contributed by atoms with E-state index in [9.17, 15) is 4.79 Å². The number of ether oxygens (including phenoxy) is 1. The van der Waals surface area contributed by atoms with E-state index in [0.29, 0.717) is 12.3 Å². The predicted molar refractivity (Wildman–Crippen MR) is 96.8 cm³/mol. The van der Waals surface area contributed by atoms with Crippen molar-refractivity contribution in [2.24, 2.45) is 0 Å². The molecule has 3 aromatic rings. The van der Waals surface area contributed by atoms with Crippen LogP contribution in [0.2, 0.25) is 0 Å². The number of amides is 1. The standard InChI is InChI=1S/C20H21N3O2/c1-15-19(16(2)23(22-15)17-9-5-3-6-10-17)13-21-20(24)14-25-18-11-7-4-8-12-18/h3-12H,13-14H2,1-2H3,(H,21,24). The van der Waals surface area contributed by atoms with E-state index in [1.807, 2.05) is 79.2 Å². The minimum absolute atomic E-state index is 0.00503. The highest BCUT2D eigenvalue weighted by molar-refractivity contribution is 5.77. The molecule has 0 aliphatic rings. The number of hydrogen-bond donors (Lipinski definition) is 1. The fraction of sp³-hybridized carbons (Fsp3) is 0.200. The van der Waals surface area contributed by atoms with Gasteiger partial charge in [-0.2, -0.15) is 5.10 Å². The van der Waals surface area contributed by atoms with Crippen molar-refractivity contribution in [1.29, 1.82) is 0 Å². The monoisotopic (exact) mass is 335 g/mol. The van der Waals surface area contributed by atoms with Crippen LogP contribution in [0.3, 0.4) is 0 Å². The lowest BCUT2D eigenvalue weighted by Crippen LogP contribution is -2.28. The summed E-state index contributed by atoms with van der Waals surface area (Å²) < 4.78 is 7.36. The molecule has 0 aliphatic heterocycles. The van der Waals surface area contributed by atoms with Crippen LogP contribution in [0.1, 0.15) is 17.0 Å². The summed E-state index contributed by atoms with van der Waals surface area (Å²) in [5.74, 6) is 0.525. The second-order valence-electron chi connectivity index (χ2n) is 5.78. The number of carbonyl (C=O) groups excluding carboxylic acids is 1. The first-order valence-corrected chi connectivity index (χ1v) is 8.20. The molecule has 3 rings (SSSR count). The van der Waals surface area contributed by atoms with Crippen molar-refractivity contribution in [3.63, 3.8) is 0 Å². The Labute approximate surface area is 147 Å². The Hall–Kier alpha value is -3.08. The molecule has 0 saturated heterocycles. The lowest BCUT2D eigenvalue weighted by atomic mass is 10.2. The van der Waals surface area contributed by atoms with Crippen LogP contribution in [0.4, 0.5) is 0 Å². The van der Waals surface area contributed by atoms with Gasteiger partial charge in [-0.3, -0.25) is 4.79 Å². The Balaban J connectivity index is 1.61. The van der Waals surface area contributed by atoms with Gasteiger partial charge in [-0.15, -0.1) is 0 Å². The van der Waals surface area contributed by atoms with E-state index < -0.39 is 0 Å². The minimum atomic E-state index is -0.157. The maximum absolute atomic E-state index is 12.0. The zero-order valence-corrected chi connectivity index (χ0v) is 14.4. The highest BCUT2D eigenvalue weighted by atomic mass is 16.5. The van der Waals surface area contributed by atoms with Gasteiger partial charge in [0.05, 0.1) is 11.4 Å². The van der Waals surface area contributed by atoms with Crippen molar-refractivity contribution in [2.45, 2.75) is 20.4 Å². The first kappa shape index (κ1) is 16.8. The number of hydrogen-bond acceptors (Lipinski definition) is 3. The lowest BCUT2D eigenvalue weighted by Gasteiger charge is -2.08. The zero-order chi connectivity index (χ0) is 17.6. The number of aromatic nitrogens is 2. The fourth-order valence-electron chi connectivity index (χ4n) is 2.66. The van der Waals surface area contributed by atoms with E-state index >= 15 is 0 Å². The van der Waals surface area contributed by atoms with Crippen LogP contribution in [-0.2, 0) is 11.3 Å². The van der Waals surface area contributed by atoms with E-state index in [0.717, 1.165) is 22.6 Å². The van der Waals surface area contributed by atoms with Crippen molar-refractivity contribution in [3.05, 3.63) is 77.6 Å². The average Bonchev–Trinajstić information content (AvgIpc) is 2.94. The summed E-state index contributed by atoms with van der Waals surface area (Å²) in [7, 11) is 0. The summed E-state index contributed by atoms with van der Waals surface area (Å²) >= 11 is 0. The molecule has 5 heteroatoms. The van der Waals surface area contributed by atoms with E-state index in [4.69, 9.17) is 4.74 Å². The molecule has 0 radical (unpaired) electrons. The third-order valence-electron chi connectivity index (χ3n) is 4.02. The molecule has 0 unspecified atom stereocenters. The molecule has 25 heavy (non-hydrogen) atoms. The molecule has 0 fully saturated rings. The number of carbonyl (C=O) groups is 1. The first-order valence-electron chi connectivity index (χ1n) is 8.20. The highest BCUT2D eigenvalue weighted by Gasteiger charge is 2.13. The molecule has 5 nitrogen and oxygen atoms in total. The van der Waals surface area contributed by atoms with Crippen LogP contribution in [0.5, 0.6) is 5.75 Å². The third kappa shape index (κ3) is 4.07. The molecule has 1 heterocycles. The average molecular weight is 335 g/mol. The maximum Gasteiger partial charge on any atom is 0.258 e. The molecule has 0 atom stereocenters. The quantitative estimate of drug-likeness (QED) is 0.753. The summed E-state index contributed by atoms with van der Waals surface area (Å²) in [6.07, 6.45) is 0. The predicted octanol–water partition coefficient (Wildman–Crippen LogP) is 3.18. The molecule has 1 amide bonds. The van der Waals surface area contributed by atoms with Gasteiger partial charge in [-0.1, -0.05) is 36.4 Å². The number of nitrogens with one attached hydrogen (secondary N) is 1. The van der Waals surface area contributed by atoms with Gasteiger partial charge in [0.1, 0.15) is 5.75 Å². The number of para-hydroxylation sites is 2. The molecule has 0 spiro atoms. The summed E-state index contributed by atoms with van der Waals surface area (Å²) in [6.45, 7) is 4.39. The molecule has 0 bridgehead atoms. The summed E-state index contributed by atoms with van der Waals surface area (Å²) in [5.41, 5.74) is 3.96. The molecule has 0 aliphatic carbocycles. The largest absolute Gasteiger partial charge is 0.484 e. The van der Waals surface area contributed by atoms with Gasteiger partial charge < -0.3 is 10.1 Å². The molecule has 2 aromatic carbocycles. The fourth-order valence-corrected chi connectivity index (χ4v) is 2.66. The van der Waals surface area contributed by atoms with Crippen molar-refractivity contribution in [1.82, 2.24) is 15.1 Å². The van der Waals surface area contributed by atoms with Gasteiger partial charge in [-0.05, 0) is 38.1 Å². The second kappa shape index (κ2) is 7.66. The highest BCUT2D eigenvalue weighted by Crippen LogP contribution is 2.17. The van der Waals surface area contributed by atoms with Crippen LogP contribution >= 0.6 is 0 Å². The van der Waals surface area contributed by atoms with Gasteiger partial charge in [0.15, 0.2) is 6.61 Å². The Morgan fingerprint density at radius 2 is 1.68 bits per heavy atom. The molecule has 1 N–H and O–H groups in total. The Morgan fingerprint density at radius 3 is 2.36 bits per heavy atom. The van der Waals surface area contributed by atoms with Crippen LogP contribution < -0.4 is 10.1 Å². The van der Waals surface area contributed by atoms with Crippen LogP contribution in [0.25, 0.3) is 5.69 Å². The molecular formula is C20H21N3O2. The van der Waals surface area contributed by atoms with Gasteiger partial charge in [0.25, 0.3) is 5.91 Å². The van der Waals surface area contributed by atoms with Crippen LogP contribution in [0, 0.1) is 13.8 Å². The third-order valence-corrected chi connectivity index (χ3v) is 4.02. The Morgan fingerprint density at radius 1 is 1.04 bits per heavy atom. The second-order valence-corrected chi connectivity index (χ2v) is 5.78. The zero-order valence-electron chi connectivity index (χ0n) is 14.4. The summed E-state index contributed by atoms with van der Waals surface area (Å²) in [6, 6.07) is 19.3. The van der Waals surface area contributed by atoms with Crippen molar-refractivity contribution >= 4 is 5.91 Å². The van der Waals surface area contributed by atoms with E-state index in [-0.39, 0.29) is 12.5 Å². The van der Waals surface area contributed by atoms with Gasteiger partial charge in [0, 0.05) is 17.8 Å². The van der Waals surface area contributed by atoms with Crippen molar-refractivity contribution < 1.29 is 9.53 Å². The lowest BCUT2D eigenvalue weighted by molar-refractivity contribution is -0.123. The number of nitrogens with zero attached hydrogens (tertiary/aromatic N) is 2. The Bertz CT molecular complexity index is 842. The first-order chi connectivity index (χ1) is 12.1. The number of aryl methyl sites for hydroxylation is 1. The molecule has 128 valence electrons. The minimum Gasteiger partial charge on any atom is -0.484 e. The summed E-state index contributed by atoms with van der Waals surface area (Å²) in [5, 5.41) is 7.48. The van der Waals surface area contributed by atoms with Crippen LogP contribution in [0.15, 0.2) is 60.7 Å². The van der Waals surface area contributed by atoms with Gasteiger partial charge in [-0.25, -0.2) is 4.68 Å². The molecule has 0 saturated carbocycles. The van der Waals surface area contributed by atoms with Crippen molar-refractivity contribution in [2.75, 3.05) is 6.61 Å². The maximum atomic E-state index is 12.0. The van der Waals surface area contributed by atoms with Crippen molar-refractivity contribution in [3.8, 4) is 11.4 Å². The van der Waals surface area contributed by atoms with Gasteiger partial charge in [0.2, 0.25) is 0 Å². The Kier molecular flexibility index (Phi) is 5.14. The van der Waals surface area contributed by atoms with E-state index in [2.05, 4.69) is 10.4 Å². The smallest absolute Gasteiger partial charge is 0.258 e. The van der Waals surface area contributed by atoms with Crippen LogP contribution in [-0.4, -0.2) is 22.3 Å². The van der Waals surface area contributed by atoms with E-state index in [1.54, 1.807) is 0 Å². The topological polar surface area (TPSA) is 56.2 Å². The number of benzene rings is 2. The summed E-state index contributed by atoms with van der Waals surface area (Å²) in [4.78, 5) is 12.0. The van der Waals surface area contributed by atoms with E-state index in [1.165, 1.54) is 0 Å². The number of rotatable bonds is 6. The van der Waals surface area contributed by atoms with Gasteiger partial charge >= 0.3 is 0 Å². The molecular weight excluding hydrogens is 314 g/mol. The SMILES string of the molecule is Cc1nn(-c2ccccc2)c(C)c1CNC(=O)COc1ccccc1. The molecule has 1 aromatic heterocycles.